The van der Waals surface area contributed by atoms with Gasteiger partial charge in [-0.25, -0.2) is 0 Å². The number of carbonyl (C=O) groups is 2. The summed E-state index contributed by atoms with van der Waals surface area (Å²) in [6, 6.07) is 2.51. The van der Waals surface area contributed by atoms with Gasteiger partial charge >= 0.3 is 0 Å². The van der Waals surface area contributed by atoms with Gasteiger partial charge in [0.15, 0.2) is 5.78 Å². The van der Waals surface area contributed by atoms with E-state index in [-0.39, 0.29) is 57.0 Å². The lowest BCUT2D eigenvalue weighted by molar-refractivity contribution is -0.203. The Bertz CT molecular complexity index is 1190. The van der Waals surface area contributed by atoms with E-state index >= 15 is 0 Å². The molecule has 0 bridgehead atoms. The molecule has 1 unspecified atom stereocenters. The highest BCUT2D eigenvalue weighted by Gasteiger charge is 2.70. The average Bonchev–Trinajstić information content (AvgIpc) is 3.71. The number of hydroxylamine groups is 2. The Hall–Kier alpha value is -1.64. The molecule has 0 aromatic carbocycles. The van der Waals surface area contributed by atoms with Crippen molar-refractivity contribution in [2.45, 2.75) is 131 Å². The third-order valence-electron chi connectivity index (χ3n) is 14.2. The van der Waals surface area contributed by atoms with Crippen LogP contribution in [0.4, 0.5) is 0 Å². The van der Waals surface area contributed by atoms with Crippen LogP contribution in [0, 0.1) is 62.7 Å². The summed E-state index contributed by atoms with van der Waals surface area (Å²) in [4.78, 5) is 34.1. The Morgan fingerprint density at radius 2 is 1.65 bits per heavy atom. The van der Waals surface area contributed by atoms with E-state index in [0.29, 0.717) is 18.1 Å². The van der Waals surface area contributed by atoms with Crippen LogP contribution in [0.5, 0.6) is 0 Å². The van der Waals surface area contributed by atoms with Gasteiger partial charge in [0, 0.05) is 12.0 Å². The molecule has 5 heteroatoms. The molecule has 6 rings (SSSR count). The predicted molar refractivity (Wildman–Crippen MR) is 155 cm³/mol. The van der Waals surface area contributed by atoms with Crippen LogP contribution >= 0.6 is 0 Å². The SMILES string of the molecule is C#CN(OC1CC1)C(=O)[C@@]1(C)CC[C@]2(C)CC[C@]3(C)C(=CC(=O)[C@@H]4[C@@]5(C)CC[C@H](O)C(C)(C)C5CC[C@]43C)[C@@H]2C1. The quantitative estimate of drug-likeness (QED) is 0.238. The van der Waals surface area contributed by atoms with Gasteiger partial charge in [0.2, 0.25) is 0 Å². The Morgan fingerprint density at radius 3 is 2.30 bits per heavy atom. The first-order chi connectivity index (χ1) is 18.6. The molecule has 0 heterocycles. The minimum Gasteiger partial charge on any atom is -0.393 e. The molecule has 6 aliphatic rings. The molecule has 40 heavy (non-hydrogen) atoms. The number of fused-ring (bicyclic) bond motifs is 7. The summed E-state index contributed by atoms with van der Waals surface area (Å²) < 4.78 is 0. The molecule has 0 saturated heterocycles. The number of carbonyl (C=O) groups excluding carboxylic acids is 2. The van der Waals surface area contributed by atoms with Crippen molar-refractivity contribution in [2.24, 2.45) is 50.2 Å². The van der Waals surface area contributed by atoms with E-state index in [4.69, 9.17) is 11.3 Å². The first-order valence-corrected chi connectivity index (χ1v) is 16.0. The fourth-order valence-corrected chi connectivity index (χ4v) is 11.1. The molecule has 220 valence electrons. The van der Waals surface area contributed by atoms with E-state index in [1.807, 2.05) is 0 Å². The predicted octanol–water partition coefficient (Wildman–Crippen LogP) is 6.84. The minimum atomic E-state index is -0.613. The topological polar surface area (TPSA) is 66.8 Å². The third kappa shape index (κ3) is 3.67. The van der Waals surface area contributed by atoms with Crippen molar-refractivity contribution in [3.63, 3.8) is 0 Å². The lowest BCUT2D eigenvalue weighted by atomic mass is 9.33. The van der Waals surface area contributed by atoms with Crippen molar-refractivity contribution in [3.05, 3.63) is 11.6 Å². The maximum absolute atomic E-state index is 14.5. The van der Waals surface area contributed by atoms with E-state index in [0.717, 1.165) is 64.2 Å². The summed E-state index contributed by atoms with van der Waals surface area (Å²) in [5.74, 6) is 0.657. The smallest absolute Gasteiger partial charge is 0.264 e. The summed E-state index contributed by atoms with van der Waals surface area (Å²) in [7, 11) is 0. The number of nitrogens with zero attached hydrogens (tertiary/aromatic N) is 1. The van der Waals surface area contributed by atoms with Crippen molar-refractivity contribution < 1.29 is 19.5 Å². The van der Waals surface area contributed by atoms with Crippen LogP contribution < -0.4 is 0 Å². The van der Waals surface area contributed by atoms with E-state index < -0.39 is 5.41 Å². The number of hydrogen-bond donors (Lipinski definition) is 1. The Kier molecular flexibility index (Phi) is 6.19. The van der Waals surface area contributed by atoms with Gasteiger partial charge in [-0.2, -0.15) is 0 Å². The molecule has 5 nitrogen and oxygen atoms in total. The zero-order valence-corrected chi connectivity index (χ0v) is 25.9. The van der Waals surface area contributed by atoms with Gasteiger partial charge in [0.1, 0.15) is 0 Å². The lowest BCUT2D eigenvalue weighted by Crippen LogP contribution is -2.66. The third-order valence-corrected chi connectivity index (χ3v) is 14.2. The van der Waals surface area contributed by atoms with Crippen molar-refractivity contribution in [2.75, 3.05) is 0 Å². The molecular formula is C35H51NO4. The van der Waals surface area contributed by atoms with Gasteiger partial charge in [-0.05, 0) is 116 Å². The van der Waals surface area contributed by atoms with Gasteiger partial charge in [0.05, 0.1) is 17.6 Å². The summed E-state index contributed by atoms with van der Waals surface area (Å²) in [5.41, 5.74) is 0.211. The summed E-state index contributed by atoms with van der Waals surface area (Å²) >= 11 is 0. The fraction of sp³-hybridized carbons (Fsp3) is 0.829. The number of amides is 1. The summed E-state index contributed by atoms with van der Waals surface area (Å²) in [6.07, 6.45) is 17.9. The number of rotatable bonds is 3. The summed E-state index contributed by atoms with van der Waals surface area (Å²) in [5, 5.41) is 12.1. The molecular weight excluding hydrogens is 498 g/mol. The highest BCUT2D eigenvalue weighted by molar-refractivity contribution is 5.95. The average molecular weight is 550 g/mol. The van der Waals surface area contributed by atoms with Crippen molar-refractivity contribution in [1.82, 2.24) is 5.06 Å². The number of hydrogen-bond acceptors (Lipinski definition) is 4. The molecule has 0 spiro atoms. The monoisotopic (exact) mass is 549 g/mol. The van der Waals surface area contributed by atoms with Crippen molar-refractivity contribution in [1.29, 1.82) is 0 Å². The minimum absolute atomic E-state index is 0.0379. The fourth-order valence-electron chi connectivity index (χ4n) is 11.1. The molecule has 0 radical (unpaired) electrons. The van der Waals surface area contributed by atoms with E-state index in [1.165, 1.54) is 10.6 Å². The molecule has 0 aromatic rings. The molecule has 9 atom stereocenters. The molecule has 1 amide bonds. The highest BCUT2D eigenvalue weighted by atomic mass is 16.7. The number of terminal acetylenes is 1. The molecule has 0 aromatic heterocycles. The van der Waals surface area contributed by atoms with Crippen LogP contribution in [-0.2, 0) is 14.4 Å². The van der Waals surface area contributed by atoms with Crippen LogP contribution in [0.3, 0.4) is 0 Å². The van der Waals surface area contributed by atoms with Crippen LogP contribution in [0.15, 0.2) is 11.6 Å². The molecule has 5 fully saturated rings. The van der Waals surface area contributed by atoms with Gasteiger partial charge in [-0.15, -0.1) is 5.06 Å². The van der Waals surface area contributed by atoms with Gasteiger partial charge in [0.25, 0.3) is 5.91 Å². The van der Waals surface area contributed by atoms with Gasteiger partial charge < -0.3 is 5.11 Å². The zero-order chi connectivity index (χ0) is 29.1. The normalized spacial score (nSPS) is 49.4. The number of aliphatic hydroxyl groups is 1. The molecule has 1 N–H and O–H groups in total. The Morgan fingerprint density at radius 1 is 0.975 bits per heavy atom. The van der Waals surface area contributed by atoms with Crippen LogP contribution in [0.2, 0.25) is 0 Å². The maximum Gasteiger partial charge on any atom is 0.264 e. The molecule has 0 aliphatic heterocycles. The van der Waals surface area contributed by atoms with E-state index in [2.05, 4.69) is 60.6 Å². The van der Waals surface area contributed by atoms with Gasteiger partial charge in [-0.1, -0.05) is 60.5 Å². The number of ketones is 1. The van der Waals surface area contributed by atoms with Crippen LogP contribution in [-0.4, -0.2) is 34.1 Å². The van der Waals surface area contributed by atoms with Gasteiger partial charge in [-0.3, -0.25) is 14.4 Å². The Balaban J connectivity index is 1.38. The van der Waals surface area contributed by atoms with E-state index in [1.54, 1.807) is 0 Å². The van der Waals surface area contributed by atoms with Crippen LogP contribution in [0.1, 0.15) is 119 Å². The first kappa shape index (κ1) is 28.5. The lowest BCUT2D eigenvalue weighted by Gasteiger charge is -2.70. The van der Waals surface area contributed by atoms with Crippen molar-refractivity contribution >= 4 is 11.7 Å². The summed E-state index contributed by atoms with van der Waals surface area (Å²) in [6.45, 7) is 16.1. The maximum atomic E-state index is 14.5. The van der Waals surface area contributed by atoms with Crippen LogP contribution in [0.25, 0.3) is 0 Å². The molecule has 6 aliphatic carbocycles. The number of allylic oxidation sites excluding steroid dienone is 2. The largest absolute Gasteiger partial charge is 0.393 e. The molecule has 5 saturated carbocycles. The highest BCUT2D eigenvalue weighted by Crippen LogP contribution is 2.75. The standard InChI is InChI=1S/C35H51NO4/c1-9-36(40-22-10-11-22)29(39)32(5)17-16-31(4)18-19-34(7)23(24(31)21-32)20-25(37)28-33(6)14-13-27(38)30(2,3)26(33)12-15-35(28,34)8/h1,20,22,24,26-28,38H,10-19,21H2,2-8H3/t24-,26?,27-,28+,31+,32-,33-,34+,35+/m0/s1. The second-order valence-corrected chi connectivity index (χ2v) is 16.7. The van der Waals surface area contributed by atoms with E-state index in [9.17, 15) is 14.7 Å². The second-order valence-electron chi connectivity index (χ2n) is 16.7. The number of aliphatic hydroxyl groups excluding tert-OH is 1. The first-order valence-electron chi connectivity index (χ1n) is 16.0. The van der Waals surface area contributed by atoms with Crippen molar-refractivity contribution in [3.8, 4) is 12.5 Å². The second kappa shape index (κ2) is 8.70. The Labute approximate surface area is 241 Å². The zero-order valence-electron chi connectivity index (χ0n) is 25.9.